The van der Waals surface area contributed by atoms with E-state index in [0.717, 1.165) is 32.3 Å². The number of hydrogen-bond donors (Lipinski definition) is 8. The average Bonchev–Trinajstić information content (AvgIpc) is 3.62. The molecule has 46 heavy (non-hydrogen) atoms. The second kappa shape index (κ2) is 10.5. The van der Waals surface area contributed by atoms with Gasteiger partial charge in [0.05, 0.1) is 25.1 Å². The minimum atomic E-state index is -4.79. The molecule has 2 aromatic heterocycles. The Morgan fingerprint density at radius 3 is 2.52 bits per heavy atom. The van der Waals surface area contributed by atoms with Crippen molar-refractivity contribution in [1.82, 2.24) is 19.5 Å². The van der Waals surface area contributed by atoms with Gasteiger partial charge in [0, 0.05) is 6.42 Å². The van der Waals surface area contributed by atoms with Crippen molar-refractivity contribution in [1.29, 1.82) is 0 Å². The molecule has 6 aromatic rings. The van der Waals surface area contributed by atoms with Crippen molar-refractivity contribution < 1.29 is 44.0 Å². The van der Waals surface area contributed by atoms with Crippen molar-refractivity contribution in [2.75, 3.05) is 11.9 Å². The number of aromatic amines is 1. The zero-order valence-electron chi connectivity index (χ0n) is 23.8. The highest BCUT2D eigenvalue weighted by molar-refractivity contribution is 7.46. The van der Waals surface area contributed by atoms with Gasteiger partial charge >= 0.3 is 7.82 Å². The third-order valence-corrected chi connectivity index (χ3v) is 9.50. The second-order valence-electron chi connectivity index (χ2n) is 11.7. The molecular weight excluding hydrogens is 621 g/mol. The molecule has 1 fully saturated rings. The van der Waals surface area contributed by atoms with Crippen LogP contribution in [-0.2, 0) is 13.8 Å². The summed E-state index contributed by atoms with van der Waals surface area (Å²) in [7, 11) is -4.79. The van der Waals surface area contributed by atoms with Gasteiger partial charge in [-0.1, -0.05) is 42.5 Å². The van der Waals surface area contributed by atoms with E-state index in [9.17, 15) is 29.8 Å². The number of nitrogens with zero attached hydrogens (tertiary/aromatic N) is 3. The molecule has 0 radical (unpaired) electrons. The smallest absolute Gasteiger partial charge is 0.390 e. The fourth-order valence-electron chi connectivity index (χ4n) is 6.90. The summed E-state index contributed by atoms with van der Waals surface area (Å²) in [4.78, 5) is 42.5. The number of fused-ring (bicyclic) bond motifs is 3. The fourth-order valence-corrected chi connectivity index (χ4v) is 7.24. The Kier molecular flexibility index (Phi) is 6.71. The van der Waals surface area contributed by atoms with Gasteiger partial charge < -0.3 is 40.3 Å². The predicted molar refractivity (Wildman–Crippen MR) is 164 cm³/mol. The van der Waals surface area contributed by atoms with Crippen LogP contribution in [0.2, 0.25) is 0 Å². The Bertz CT molecular complexity index is 2240. The van der Waals surface area contributed by atoms with E-state index in [-0.39, 0.29) is 23.5 Å². The zero-order valence-corrected chi connectivity index (χ0v) is 24.7. The number of anilines is 1. The molecule has 3 heterocycles. The Morgan fingerprint density at radius 2 is 1.76 bits per heavy atom. The van der Waals surface area contributed by atoms with E-state index < -0.39 is 62.8 Å². The summed E-state index contributed by atoms with van der Waals surface area (Å²) >= 11 is 0. The number of rotatable bonds is 6. The standard InChI is InChI=1S/C30H28N5O10P/c36-17-9-19(45-18(17)10-44-46(41,42)43)35-11-31-24-28(35)33-30(34-29(24)40)32-23-22-15-7-6-13-3-1-2-12-4-5-14(21(15)20(12)13)8-16(22)25(37)27(39)26(23)38/h1-8,11,17-19,23,25-27,36-39H,9-10H2,(H2,41,42,43)(H2,32,33,34,40)/t17-,18+,19+,23-,25+,26+,27-/m0/s1. The maximum absolute atomic E-state index is 13.1. The van der Waals surface area contributed by atoms with E-state index >= 15 is 0 Å². The summed E-state index contributed by atoms with van der Waals surface area (Å²) < 4.78 is 22.8. The molecule has 0 spiro atoms. The molecule has 7 atom stereocenters. The lowest BCUT2D eigenvalue weighted by Crippen LogP contribution is -2.44. The van der Waals surface area contributed by atoms with Gasteiger partial charge in [-0.15, -0.1) is 0 Å². The van der Waals surface area contributed by atoms with Gasteiger partial charge in [-0.2, -0.15) is 4.98 Å². The summed E-state index contributed by atoms with van der Waals surface area (Å²) in [6.45, 7) is -0.565. The molecule has 4 aromatic carbocycles. The number of aromatic nitrogens is 4. The van der Waals surface area contributed by atoms with E-state index in [1.807, 2.05) is 48.5 Å². The first-order valence-electron chi connectivity index (χ1n) is 14.5. The van der Waals surface area contributed by atoms with Gasteiger partial charge in [0.2, 0.25) is 5.95 Å². The van der Waals surface area contributed by atoms with E-state index in [1.165, 1.54) is 10.9 Å². The van der Waals surface area contributed by atoms with Gasteiger partial charge in [-0.3, -0.25) is 18.9 Å². The van der Waals surface area contributed by atoms with Gasteiger partial charge in [-0.25, -0.2) is 9.55 Å². The molecule has 8 rings (SSSR count). The van der Waals surface area contributed by atoms with Crippen molar-refractivity contribution in [3.63, 3.8) is 0 Å². The summed E-state index contributed by atoms with van der Waals surface area (Å²) in [5.41, 5.74) is 0.379. The topological polar surface area (TPSA) is 233 Å². The molecular formula is C30H28N5O10P. The van der Waals surface area contributed by atoms with Crippen LogP contribution in [0.1, 0.15) is 35.9 Å². The van der Waals surface area contributed by atoms with E-state index in [0.29, 0.717) is 11.1 Å². The van der Waals surface area contributed by atoms with Crippen molar-refractivity contribution in [3.05, 3.63) is 76.3 Å². The van der Waals surface area contributed by atoms with Crippen LogP contribution >= 0.6 is 7.82 Å². The number of H-pyrrole nitrogens is 1. The predicted octanol–water partition coefficient (Wildman–Crippen LogP) is 1.70. The lowest BCUT2D eigenvalue weighted by molar-refractivity contribution is -0.0767. The highest BCUT2D eigenvalue weighted by Crippen LogP contribution is 2.46. The van der Waals surface area contributed by atoms with Crippen LogP contribution in [-0.4, -0.2) is 80.8 Å². The lowest BCUT2D eigenvalue weighted by Gasteiger charge is -2.38. The number of ether oxygens (including phenoxy) is 1. The van der Waals surface area contributed by atoms with Crippen molar-refractivity contribution >= 4 is 57.3 Å². The molecule has 1 saturated heterocycles. The normalized spacial score (nSPS) is 26.9. The molecule has 0 saturated carbocycles. The van der Waals surface area contributed by atoms with Crippen LogP contribution in [0.25, 0.3) is 43.5 Å². The molecule has 8 N–H and O–H groups in total. The molecule has 0 amide bonds. The van der Waals surface area contributed by atoms with Crippen LogP contribution in [0.4, 0.5) is 5.95 Å². The molecule has 1 aliphatic heterocycles. The van der Waals surface area contributed by atoms with Crippen molar-refractivity contribution in [2.24, 2.45) is 0 Å². The summed E-state index contributed by atoms with van der Waals surface area (Å²) in [6, 6.07) is 14.6. The number of aliphatic hydroxyl groups is 4. The van der Waals surface area contributed by atoms with Crippen LogP contribution in [0, 0.1) is 0 Å². The molecule has 0 bridgehead atoms. The number of phosphoric acid groups is 1. The monoisotopic (exact) mass is 649 g/mol. The first-order valence-corrected chi connectivity index (χ1v) is 16.0. The molecule has 0 unspecified atom stereocenters. The molecule has 238 valence electrons. The fraction of sp³-hybridized carbons (Fsp3) is 0.300. The number of nitrogens with one attached hydrogen (secondary N) is 2. The second-order valence-corrected chi connectivity index (χ2v) is 13.0. The highest BCUT2D eigenvalue weighted by Gasteiger charge is 2.43. The number of phosphoric ester groups is 1. The van der Waals surface area contributed by atoms with Gasteiger partial charge in [0.1, 0.15) is 30.6 Å². The van der Waals surface area contributed by atoms with E-state index in [2.05, 4.69) is 24.8 Å². The molecule has 15 nitrogen and oxygen atoms in total. The number of benzene rings is 4. The van der Waals surface area contributed by atoms with Crippen molar-refractivity contribution in [2.45, 2.75) is 49.2 Å². The maximum atomic E-state index is 13.1. The quantitative estimate of drug-likeness (QED) is 0.0949. The first kappa shape index (κ1) is 29.4. The number of imidazole rings is 1. The number of hydrogen-bond acceptors (Lipinski definition) is 11. The van der Waals surface area contributed by atoms with Crippen LogP contribution in [0.5, 0.6) is 0 Å². The van der Waals surface area contributed by atoms with E-state index in [4.69, 9.17) is 14.5 Å². The average molecular weight is 650 g/mol. The van der Waals surface area contributed by atoms with Crippen molar-refractivity contribution in [3.8, 4) is 0 Å². The molecule has 2 aliphatic rings. The highest BCUT2D eigenvalue weighted by atomic mass is 31.2. The minimum Gasteiger partial charge on any atom is -0.390 e. The third-order valence-electron chi connectivity index (χ3n) is 9.01. The molecule has 16 heteroatoms. The Labute approximate surface area is 258 Å². The Balaban J connectivity index is 1.21. The minimum absolute atomic E-state index is 0.00457. The SMILES string of the molecule is O=c1[nH]c(N[C@H]2c3c(cc4ccc5cccc6ccc3c4c56)[C@@H](O)[C@H](O)[C@@H]2O)nc2c1ncn2[C@H]1C[C@H](O)[C@@H](COP(=O)(O)O)O1. The van der Waals surface area contributed by atoms with Crippen LogP contribution in [0.3, 0.4) is 0 Å². The Hall–Kier alpha value is -4.02. The largest absolute Gasteiger partial charge is 0.469 e. The van der Waals surface area contributed by atoms with Crippen LogP contribution < -0.4 is 10.9 Å². The lowest BCUT2D eigenvalue weighted by atomic mass is 9.77. The van der Waals surface area contributed by atoms with Crippen LogP contribution in [0.15, 0.2) is 59.7 Å². The van der Waals surface area contributed by atoms with Gasteiger partial charge in [0.25, 0.3) is 5.56 Å². The third kappa shape index (κ3) is 4.59. The summed E-state index contributed by atoms with van der Waals surface area (Å²) in [6.07, 6.45) is -6.23. The Morgan fingerprint density at radius 1 is 1.02 bits per heavy atom. The van der Waals surface area contributed by atoms with Gasteiger partial charge in [0.15, 0.2) is 11.2 Å². The number of aliphatic hydroxyl groups excluding tert-OH is 4. The van der Waals surface area contributed by atoms with E-state index in [1.54, 1.807) is 0 Å². The molecule has 1 aliphatic carbocycles. The van der Waals surface area contributed by atoms with Gasteiger partial charge in [-0.05, 0) is 49.5 Å². The maximum Gasteiger partial charge on any atom is 0.469 e. The summed E-state index contributed by atoms with van der Waals surface area (Å²) in [5.74, 6) is -0.0662. The summed E-state index contributed by atoms with van der Waals surface area (Å²) in [5, 5.41) is 52.5. The first-order chi connectivity index (χ1) is 22.0. The zero-order chi connectivity index (χ0) is 32.1.